The van der Waals surface area contributed by atoms with Crippen molar-refractivity contribution in [3.05, 3.63) is 41.2 Å². The zero-order valence-corrected chi connectivity index (χ0v) is 15.9. The number of nitrogens with two attached hydrogens (primary N) is 1. The molecule has 0 bridgehead atoms. The molecule has 1 heterocycles. The van der Waals surface area contributed by atoms with Gasteiger partial charge in [-0.25, -0.2) is 9.37 Å². The summed E-state index contributed by atoms with van der Waals surface area (Å²) >= 11 is 1.25. The van der Waals surface area contributed by atoms with Crippen molar-refractivity contribution < 1.29 is 9.18 Å². The number of carbonyl (C=O) groups is 1. The van der Waals surface area contributed by atoms with Gasteiger partial charge in [-0.2, -0.15) is 0 Å². The summed E-state index contributed by atoms with van der Waals surface area (Å²) in [7, 11) is 0. The van der Waals surface area contributed by atoms with E-state index in [0.29, 0.717) is 28.7 Å². The van der Waals surface area contributed by atoms with Crippen molar-refractivity contribution in [2.45, 2.75) is 26.3 Å². The second-order valence-corrected chi connectivity index (χ2v) is 6.41. The zero-order valence-electron chi connectivity index (χ0n) is 13.5. The van der Waals surface area contributed by atoms with Crippen LogP contribution in [0.2, 0.25) is 0 Å². The minimum atomic E-state index is -0.344. The van der Waals surface area contributed by atoms with Gasteiger partial charge in [-0.1, -0.05) is 26.0 Å². The average Bonchev–Trinajstić information content (AvgIpc) is 2.96. The van der Waals surface area contributed by atoms with Crippen LogP contribution in [-0.2, 0) is 0 Å². The number of nitrogens with zero attached hydrogens (tertiary/aromatic N) is 1. The first-order valence-electron chi connectivity index (χ1n) is 7.22. The Labute approximate surface area is 157 Å². The maximum absolute atomic E-state index is 13.7. The molecule has 1 amide bonds. The molecule has 1 aromatic carbocycles. The third kappa shape index (κ3) is 6.02. The largest absolute Gasteiger partial charge is 0.347 e. The Kier molecular flexibility index (Phi) is 10.1. The Morgan fingerprint density at radius 3 is 2.58 bits per heavy atom. The minimum absolute atomic E-state index is 0. The van der Waals surface area contributed by atoms with E-state index in [1.165, 1.54) is 17.4 Å². The van der Waals surface area contributed by atoms with Crippen molar-refractivity contribution in [1.82, 2.24) is 10.3 Å². The van der Waals surface area contributed by atoms with E-state index < -0.39 is 0 Å². The van der Waals surface area contributed by atoms with Crippen LogP contribution < -0.4 is 11.1 Å². The molecule has 0 radical (unpaired) electrons. The number of hydrogen-bond acceptors (Lipinski definition) is 4. The number of carbonyl (C=O) groups excluding carboxylic acids is 1. The Balaban J connectivity index is 0.00000264. The molecule has 8 heteroatoms. The van der Waals surface area contributed by atoms with E-state index in [-0.39, 0.29) is 42.6 Å². The van der Waals surface area contributed by atoms with E-state index in [2.05, 4.69) is 24.1 Å². The number of aromatic nitrogens is 1. The van der Waals surface area contributed by atoms with Gasteiger partial charge < -0.3 is 11.1 Å². The number of benzene rings is 1. The highest BCUT2D eigenvalue weighted by atomic mass is 35.5. The molecule has 0 aliphatic heterocycles. The first-order valence-corrected chi connectivity index (χ1v) is 8.10. The molecular weight excluding hydrogens is 372 g/mol. The van der Waals surface area contributed by atoms with E-state index in [9.17, 15) is 9.18 Å². The summed E-state index contributed by atoms with van der Waals surface area (Å²) in [6, 6.07) is 6.32. The molecule has 0 saturated heterocycles. The summed E-state index contributed by atoms with van der Waals surface area (Å²) in [6.45, 7) is 4.54. The number of thiazole rings is 1. The summed E-state index contributed by atoms with van der Waals surface area (Å²) in [4.78, 5) is 16.4. The average molecular weight is 394 g/mol. The molecule has 2 aromatic rings. The van der Waals surface area contributed by atoms with Gasteiger partial charge in [0.25, 0.3) is 5.91 Å². The van der Waals surface area contributed by atoms with Crippen molar-refractivity contribution in [3.8, 4) is 10.6 Å². The number of rotatable bonds is 6. The van der Waals surface area contributed by atoms with Gasteiger partial charge in [-0.15, -0.1) is 36.2 Å². The van der Waals surface area contributed by atoms with Crippen molar-refractivity contribution in [2.24, 2.45) is 11.7 Å². The van der Waals surface area contributed by atoms with E-state index in [4.69, 9.17) is 5.73 Å². The van der Waals surface area contributed by atoms with Gasteiger partial charge in [-0.3, -0.25) is 4.79 Å². The lowest BCUT2D eigenvalue weighted by Crippen LogP contribution is -2.41. The van der Waals surface area contributed by atoms with Crippen LogP contribution in [0.4, 0.5) is 4.39 Å². The van der Waals surface area contributed by atoms with Crippen molar-refractivity contribution in [1.29, 1.82) is 0 Å². The minimum Gasteiger partial charge on any atom is -0.347 e. The predicted molar refractivity (Wildman–Crippen MR) is 102 cm³/mol. The Hall–Kier alpha value is -1.21. The first-order chi connectivity index (χ1) is 10.5. The fourth-order valence-corrected chi connectivity index (χ4v) is 3.01. The number of halogens is 3. The van der Waals surface area contributed by atoms with Crippen LogP contribution >= 0.6 is 36.2 Å². The summed E-state index contributed by atoms with van der Waals surface area (Å²) < 4.78 is 13.7. The third-order valence-electron chi connectivity index (χ3n) is 3.22. The molecule has 134 valence electrons. The lowest BCUT2D eigenvalue weighted by atomic mass is 10.0. The molecule has 24 heavy (non-hydrogen) atoms. The molecule has 0 fully saturated rings. The third-order valence-corrected chi connectivity index (χ3v) is 4.09. The van der Waals surface area contributed by atoms with Crippen LogP contribution in [0.1, 0.15) is 30.8 Å². The van der Waals surface area contributed by atoms with Gasteiger partial charge in [0, 0.05) is 23.5 Å². The molecule has 4 nitrogen and oxygen atoms in total. The SMILES string of the molecule is CC(C)CC(CN)NC(=O)c1csc(-c2ccccc2F)n1.Cl.Cl. The van der Waals surface area contributed by atoms with Crippen LogP contribution in [-0.4, -0.2) is 23.5 Å². The fraction of sp³-hybridized carbons (Fsp3) is 0.375. The van der Waals surface area contributed by atoms with Crippen molar-refractivity contribution >= 4 is 42.1 Å². The summed E-state index contributed by atoms with van der Waals surface area (Å²) in [5.74, 6) is -0.170. The number of amides is 1. The molecule has 0 saturated carbocycles. The van der Waals surface area contributed by atoms with Crippen LogP contribution in [0.3, 0.4) is 0 Å². The second kappa shape index (κ2) is 10.6. The van der Waals surface area contributed by atoms with Crippen LogP contribution in [0.5, 0.6) is 0 Å². The van der Waals surface area contributed by atoms with Gasteiger partial charge in [0.15, 0.2) is 0 Å². The zero-order chi connectivity index (χ0) is 16.1. The quantitative estimate of drug-likeness (QED) is 0.781. The Bertz CT molecular complexity index is 652. The first kappa shape index (κ1) is 22.8. The smallest absolute Gasteiger partial charge is 0.271 e. The van der Waals surface area contributed by atoms with Crippen LogP contribution in [0.25, 0.3) is 10.6 Å². The summed E-state index contributed by atoms with van der Waals surface area (Å²) in [6.07, 6.45) is 0.812. The highest BCUT2D eigenvalue weighted by Crippen LogP contribution is 2.26. The summed E-state index contributed by atoms with van der Waals surface area (Å²) in [5.41, 5.74) is 6.38. The maximum Gasteiger partial charge on any atom is 0.271 e. The van der Waals surface area contributed by atoms with Crippen molar-refractivity contribution in [2.75, 3.05) is 6.54 Å². The molecule has 0 aliphatic rings. The summed E-state index contributed by atoms with van der Waals surface area (Å²) in [5, 5.41) is 5.02. The molecule has 1 aromatic heterocycles. The van der Waals surface area contributed by atoms with Gasteiger partial charge in [0.1, 0.15) is 16.5 Å². The highest BCUT2D eigenvalue weighted by Gasteiger charge is 2.17. The number of hydrogen-bond donors (Lipinski definition) is 2. The predicted octanol–water partition coefficient (Wildman–Crippen LogP) is 3.90. The molecule has 3 N–H and O–H groups in total. The molecule has 2 rings (SSSR count). The van der Waals surface area contributed by atoms with Gasteiger partial charge >= 0.3 is 0 Å². The van der Waals surface area contributed by atoms with Crippen LogP contribution in [0, 0.1) is 11.7 Å². The van der Waals surface area contributed by atoms with E-state index in [1.54, 1.807) is 23.6 Å². The molecule has 0 spiro atoms. The highest BCUT2D eigenvalue weighted by molar-refractivity contribution is 7.13. The standard InChI is InChI=1S/C16H20FN3OS.2ClH/c1-10(2)7-11(8-18)19-15(21)14-9-22-16(20-14)12-5-3-4-6-13(12)17;;/h3-6,9-11H,7-8,18H2,1-2H3,(H,19,21);2*1H. The molecule has 0 aliphatic carbocycles. The van der Waals surface area contributed by atoms with Gasteiger partial charge in [0.2, 0.25) is 0 Å². The molecule has 1 atom stereocenters. The van der Waals surface area contributed by atoms with Gasteiger partial charge in [-0.05, 0) is 24.5 Å². The monoisotopic (exact) mass is 393 g/mol. The Morgan fingerprint density at radius 1 is 1.33 bits per heavy atom. The van der Waals surface area contributed by atoms with E-state index in [0.717, 1.165) is 6.42 Å². The van der Waals surface area contributed by atoms with Gasteiger partial charge in [0.05, 0.1) is 0 Å². The second-order valence-electron chi connectivity index (χ2n) is 5.55. The van der Waals surface area contributed by atoms with Crippen molar-refractivity contribution in [3.63, 3.8) is 0 Å². The van der Waals surface area contributed by atoms with E-state index in [1.807, 2.05) is 0 Å². The topological polar surface area (TPSA) is 68.0 Å². The maximum atomic E-state index is 13.7. The normalized spacial score (nSPS) is 11.4. The fourth-order valence-electron chi connectivity index (χ4n) is 2.18. The number of nitrogens with one attached hydrogen (secondary N) is 1. The van der Waals surface area contributed by atoms with E-state index >= 15 is 0 Å². The lowest BCUT2D eigenvalue weighted by Gasteiger charge is -2.18. The molecular formula is C16H22Cl2FN3OS. The molecule has 1 unspecified atom stereocenters. The lowest BCUT2D eigenvalue weighted by molar-refractivity contribution is 0.0929. The van der Waals surface area contributed by atoms with Crippen LogP contribution in [0.15, 0.2) is 29.6 Å². The Morgan fingerprint density at radius 2 is 2.00 bits per heavy atom.